The number of carbonyl (C=O) groups excluding carboxylic acids is 1. The second-order valence-electron chi connectivity index (χ2n) is 6.48. The number of anilines is 1. The zero-order valence-electron chi connectivity index (χ0n) is 15.6. The molecule has 1 aromatic carbocycles. The summed E-state index contributed by atoms with van der Waals surface area (Å²) in [6.07, 6.45) is 1.49. The van der Waals surface area contributed by atoms with Crippen LogP contribution in [0.1, 0.15) is 19.4 Å². The summed E-state index contributed by atoms with van der Waals surface area (Å²) >= 11 is 0. The summed E-state index contributed by atoms with van der Waals surface area (Å²) in [5, 5.41) is 0. The van der Waals surface area contributed by atoms with Gasteiger partial charge in [0.1, 0.15) is 12.1 Å². The van der Waals surface area contributed by atoms with Gasteiger partial charge in [0.25, 0.3) is 0 Å². The molecule has 3 rings (SSSR count). The molecule has 0 N–H and O–H groups in total. The first-order chi connectivity index (χ1) is 12.5. The van der Waals surface area contributed by atoms with Crippen LogP contribution in [-0.4, -0.2) is 53.6 Å². The van der Waals surface area contributed by atoms with Crippen LogP contribution in [0.4, 0.5) is 5.82 Å². The first kappa shape index (κ1) is 18.0. The van der Waals surface area contributed by atoms with E-state index < -0.39 is 0 Å². The Morgan fingerprint density at radius 1 is 1.19 bits per heavy atom. The van der Waals surface area contributed by atoms with Crippen molar-refractivity contribution >= 4 is 11.7 Å². The third-order valence-corrected chi connectivity index (χ3v) is 4.52. The van der Waals surface area contributed by atoms with Crippen LogP contribution in [0, 0.1) is 6.92 Å². The SMILES string of the molecule is COc1cc(C)ccc1Oc1cc(N2CCN(C(C)=O)C(C)C2)ncn1. The molecule has 0 radical (unpaired) electrons. The van der Waals surface area contributed by atoms with Gasteiger partial charge in [0.05, 0.1) is 7.11 Å². The van der Waals surface area contributed by atoms with Crippen molar-refractivity contribution in [3.63, 3.8) is 0 Å². The normalized spacial score (nSPS) is 17.2. The van der Waals surface area contributed by atoms with Gasteiger partial charge in [0, 0.05) is 38.7 Å². The van der Waals surface area contributed by atoms with Crippen molar-refractivity contribution in [1.82, 2.24) is 14.9 Å². The zero-order chi connectivity index (χ0) is 18.7. The first-order valence-electron chi connectivity index (χ1n) is 8.64. The van der Waals surface area contributed by atoms with E-state index in [1.165, 1.54) is 6.33 Å². The minimum Gasteiger partial charge on any atom is -0.493 e. The lowest BCUT2D eigenvalue weighted by Crippen LogP contribution is -2.53. The highest BCUT2D eigenvalue weighted by Crippen LogP contribution is 2.32. The van der Waals surface area contributed by atoms with E-state index in [9.17, 15) is 4.79 Å². The molecule has 1 unspecified atom stereocenters. The van der Waals surface area contributed by atoms with Crippen LogP contribution in [0.25, 0.3) is 0 Å². The minimum atomic E-state index is 0.107. The topological polar surface area (TPSA) is 67.8 Å². The van der Waals surface area contributed by atoms with Gasteiger partial charge in [0.15, 0.2) is 11.5 Å². The number of piperazine rings is 1. The van der Waals surface area contributed by atoms with E-state index in [-0.39, 0.29) is 11.9 Å². The van der Waals surface area contributed by atoms with Gasteiger partial charge in [-0.1, -0.05) is 6.07 Å². The van der Waals surface area contributed by atoms with Gasteiger partial charge in [-0.3, -0.25) is 4.79 Å². The number of benzene rings is 1. The number of nitrogens with zero attached hydrogens (tertiary/aromatic N) is 4. The van der Waals surface area contributed by atoms with Crippen molar-refractivity contribution in [3.05, 3.63) is 36.2 Å². The highest BCUT2D eigenvalue weighted by atomic mass is 16.5. The lowest BCUT2D eigenvalue weighted by Gasteiger charge is -2.39. The van der Waals surface area contributed by atoms with Gasteiger partial charge < -0.3 is 19.3 Å². The lowest BCUT2D eigenvalue weighted by atomic mass is 10.2. The second-order valence-corrected chi connectivity index (χ2v) is 6.48. The van der Waals surface area contributed by atoms with Crippen molar-refractivity contribution < 1.29 is 14.3 Å². The monoisotopic (exact) mass is 356 g/mol. The molecular weight excluding hydrogens is 332 g/mol. The molecule has 0 aliphatic carbocycles. The Kier molecular flexibility index (Phi) is 5.25. The largest absolute Gasteiger partial charge is 0.493 e. The predicted molar refractivity (Wildman–Crippen MR) is 98.9 cm³/mol. The fraction of sp³-hybridized carbons (Fsp3) is 0.421. The summed E-state index contributed by atoms with van der Waals surface area (Å²) in [7, 11) is 1.61. The quantitative estimate of drug-likeness (QED) is 0.839. The van der Waals surface area contributed by atoms with Gasteiger partial charge in [0.2, 0.25) is 11.8 Å². The van der Waals surface area contributed by atoms with E-state index in [0.29, 0.717) is 23.9 Å². The Hall–Kier alpha value is -2.83. The molecular formula is C19H24N4O3. The van der Waals surface area contributed by atoms with E-state index in [2.05, 4.69) is 14.9 Å². The molecule has 0 spiro atoms. The molecule has 7 heteroatoms. The molecule has 26 heavy (non-hydrogen) atoms. The highest BCUT2D eigenvalue weighted by Gasteiger charge is 2.26. The zero-order valence-corrected chi connectivity index (χ0v) is 15.6. The molecule has 2 heterocycles. The molecule has 1 aliphatic heterocycles. The number of carbonyl (C=O) groups is 1. The molecule has 1 aromatic heterocycles. The first-order valence-corrected chi connectivity index (χ1v) is 8.64. The molecule has 1 fully saturated rings. The van der Waals surface area contributed by atoms with E-state index >= 15 is 0 Å². The number of hydrogen-bond donors (Lipinski definition) is 0. The molecule has 1 saturated heterocycles. The third kappa shape index (κ3) is 3.87. The van der Waals surface area contributed by atoms with Crippen molar-refractivity contribution in [2.45, 2.75) is 26.8 Å². The number of rotatable bonds is 4. The lowest BCUT2D eigenvalue weighted by molar-refractivity contribution is -0.131. The Morgan fingerprint density at radius 2 is 2.00 bits per heavy atom. The Balaban J connectivity index is 1.76. The Bertz CT molecular complexity index is 796. The molecule has 1 amide bonds. The summed E-state index contributed by atoms with van der Waals surface area (Å²) in [6.45, 7) is 7.79. The Morgan fingerprint density at radius 3 is 2.69 bits per heavy atom. The number of ether oxygens (including phenoxy) is 2. The summed E-state index contributed by atoms with van der Waals surface area (Å²) in [6, 6.07) is 7.69. The van der Waals surface area contributed by atoms with Gasteiger partial charge in [-0.05, 0) is 31.5 Å². The maximum Gasteiger partial charge on any atom is 0.224 e. The Labute approximate surface area is 153 Å². The number of methoxy groups -OCH3 is 1. The predicted octanol–water partition coefficient (Wildman–Crippen LogP) is 2.64. The summed E-state index contributed by atoms with van der Waals surface area (Å²) in [5.41, 5.74) is 1.09. The van der Waals surface area contributed by atoms with Crippen LogP contribution in [0.2, 0.25) is 0 Å². The maximum atomic E-state index is 11.6. The smallest absolute Gasteiger partial charge is 0.224 e. The van der Waals surface area contributed by atoms with Crippen LogP contribution in [0.5, 0.6) is 17.4 Å². The third-order valence-electron chi connectivity index (χ3n) is 4.52. The van der Waals surface area contributed by atoms with E-state index in [0.717, 1.165) is 24.5 Å². The van der Waals surface area contributed by atoms with Gasteiger partial charge in [-0.15, -0.1) is 0 Å². The maximum absolute atomic E-state index is 11.6. The number of hydrogen-bond acceptors (Lipinski definition) is 6. The van der Waals surface area contributed by atoms with E-state index in [1.807, 2.05) is 43.0 Å². The van der Waals surface area contributed by atoms with Crippen LogP contribution >= 0.6 is 0 Å². The molecule has 1 atom stereocenters. The van der Waals surface area contributed by atoms with Crippen molar-refractivity contribution in [1.29, 1.82) is 0 Å². The molecule has 2 aromatic rings. The fourth-order valence-corrected chi connectivity index (χ4v) is 3.16. The second kappa shape index (κ2) is 7.59. The van der Waals surface area contributed by atoms with E-state index in [4.69, 9.17) is 9.47 Å². The minimum absolute atomic E-state index is 0.107. The summed E-state index contributed by atoms with van der Waals surface area (Å²) in [5.74, 6) is 2.62. The average molecular weight is 356 g/mol. The number of amides is 1. The van der Waals surface area contributed by atoms with Crippen molar-refractivity contribution in [2.24, 2.45) is 0 Å². The van der Waals surface area contributed by atoms with Gasteiger partial charge in [-0.25, -0.2) is 9.97 Å². The standard InChI is InChI=1S/C19H24N4O3/c1-13-5-6-16(17(9-13)25-4)26-19-10-18(20-12-21-19)22-7-8-23(15(3)24)14(2)11-22/h5-6,9-10,12,14H,7-8,11H2,1-4H3. The van der Waals surface area contributed by atoms with Crippen LogP contribution in [0.15, 0.2) is 30.6 Å². The molecule has 0 saturated carbocycles. The summed E-state index contributed by atoms with van der Waals surface area (Å²) in [4.78, 5) is 24.2. The number of aryl methyl sites for hydroxylation is 1. The van der Waals surface area contributed by atoms with Crippen LogP contribution in [0.3, 0.4) is 0 Å². The van der Waals surface area contributed by atoms with Gasteiger partial charge >= 0.3 is 0 Å². The molecule has 1 aliphatic rings. The van der Waals surface area contributed by atoms with Crippen LogP contribution in [-0.2, 0) is 4.79 Å². The van der Waals surface area contributed by atoms with Crippen molar-refractivity contribution in [2.75, 3.05) is 31.6 Å². The fourth-order valence-electron chi connectivity index (χ4n) is 3.16. The average Bonchev–Trinajstić information content (AvgIpc) is 2.63. The molecule has 0 bridgehead atoms. The number of aromatic nitrogens is 2. The van der Waals surface area contributed by atoms with E-state index in [1.54, 1.807) is 14.0 Å². The van der Waals surface area contributed by atoms with Gasteiger partial charge in [-0.2, -0.15) is 0 Å². The molecule has 7 nitrogen and oxygen atoms in total. The summed E-state index contributed by atoms with van der Waals surface area (Å²) < 4.78 is 11.3. The van der Waals surface area contributed by atoms with Crippen molar-refractivity contribution in [3.8, 4) is 17.4 Å². The molecule has 138 valence electrons. The van der Waals surface area contributed by atoms with Crippen LogP contribution < -0.4 is 14.4 Å². The highest BCUT2D eigenvalue weighted by molar-refractivity contribution is 5.74.